The van der Waals surface area contributed by atoms with Gasteiger partial charge in [-0.1, -0.05) is 23.2 Å². The maximum Gasteiger partial charge on any atom is 0.0685 e. The maximum atomic E-state index is 6.18. The molecule has 1 N–H and O–H groups in total. The predicted molar refractivity (Wildman–Crippen MR) is 64.9 cm³/mol. The van der Waals surface area contributed by atoms with Crippen LogP contribution in [0.25, 0.3) is 5.52 Å². The van der Waals surface area contributed by atoms with Gasteiger partial charge in [-0.15, -0.1) is 0 Å². The van der Waals surface area contributed by atoms with Crippen molar-refractivity contribution in [2.45, 2.75) is 13.5 Å². The highest BCUT2D eigenvalue weighted by Crippen LogP contribution is 2.27. The van der Waals surface area contributed by atoms with E-state index in [1.165, 1.54) is 5.56 Å². The molecular weight excluding hydrogens is 231 g/mol. The topological polar surface area (TPSA) is 16.4 Å². The molecule has 0 saturated carbocycles. The van der Waals surface area contributed by atoms with Crippen molar-refractivity contribution in [3.05, 3.63) is 39.6 Å². The Kier molecular flexibility index (Phi) is 2.91. The summed E-state index contributed by atoms with van der Waals surface area (Å²) in [6.45, 7) is 2.84. The number of nitrogens with one attached hydrogen (secondary N) is 1. The van der Waals surface area contributed by atoms with Gasteiger partial charge in [-0.2, -0.15) is 0 Å². The summed E-state index contributed by atoms with van der Waals surface area (Å²) in [5.41, 5.74) is 3.37. The Morgan fingerprint density at radius 3 is 2.73 bits per heavy atom. The monoisotopic (exact) mass is 242 g/mol. The summed E-state index contributed by atoms with van der Waals surface area (Å²) >= 11 is 12.1. The zero-order chi connectivity index (χ0) is 11.0. The molecule has 0 radical (unpaired) electrons. The molecule has 0 aliphatic rings. The number of rotatable bonds is 2. The van der Waals surface area contributed by atoms with Crippen LogP contribution < -0.4 is 5.32 Å². The van der Waals surface area contributed by atoms with Crippen molar-refractivity contribution >= 4 is 28.7 Å². The molecule has 0 aromatic carbocycles. The standard InChI is InChI=1S/C11H12Cl2N2/c1-7-3-8(5-14-2)11-10(13)4-9(12)6-15(7)11/h3-4,6,14H,5H2,1-2H3. The first-order valence-corrected chi connectivity index (χ1v) is 5.49. The Bertz CT molecular complexity index is 503. The molecule has 4 heteroatoms. The molecule has 0 aliphatic heterocycles. The molecule has 0 unspecified atom stereocenters. The minimum absolute atomic E-state index is 0.655. The Labute approximate surface area is 98.8 Å². The van der Waals surface area contributed by atoms with Crippen LogP contribution in [0.3, 0.4) is 0 Å². The van der Waals surface area contributed by atoms with Gasteiger partial charge in [0, 0.05) is 18.4 Å². The minimum atomic E-state index is 0.655. The SMILES string of the molecule is CNCc1cc(C)n2cc(Cl)cc(Cl)c12. The zero-order valence-corrected chi connectivity index (χ0v) is 10.2. The van der Waals surface area contributed by atoms with Crippen LogP contribution in [0.15, 0.2) is 18.3 Å². The van der Waals surface area contributed by atoms with Crippen LogP contribution in [-0.4, -0.2) is 11.4 Å². The van der Waals surface area contributed by atoms with Crippen LogP contribution in [-0.2, 0) is 6.54 Å². The molecule has 80 valence electrons. The van der Waals surface area contributed by atoms with E-state index in [9.17, 15) is 0 Å². The molecule has 0 atom stereocenters. The zero-order valence-electron chi connectivity index (χ0n) is 8.64. The van der Waals surface area contributed by atoms with E-state index < -0.39 is 0 Å². The summed E-state index contributed by atoms with van der Waals surface area (Å²) < 4.78 is 2.03. The lowest BCUT2D eigenvalue weighted by molar-refractivity contribution is 0.824. The molecular formula is C11H12Cl2N2. The lowest BCUT2D eigenvalue weighted by Crippen LogP contribution is -2.04. The van der Waals surface area contributed by atoms with E-state index in [1.54, 1.807) is 6.07 Å². The fourth-order valence-electron chi connectivity index (χ4n) is 1.83. The smallest absolute Gasteiger partial charge is 0.0685 e. The second-order valence-electron chi connectivity index (χ2n) is 3.57. The highest BCUT2D eigenvalue weighted by atomic mass is 35.5. The van der Waals surface area contributed by atoms with Crippen molar-refractivity contribution in [1.82, 2.24) is 9.72 Å². The van der Waals surface area contributed by atoms with Gasteiger partial charge >= 0.3 is 0 Å². The summed E-state index contributed by atoms with van der Waals surface area (Å²) in [5.74, 6) is 0. The van der Waals surface area contributed by atoms with Gasteiger partial charge in [0.05, 0.1) is 15.6 Å². The Morgan fingerprint density at radius 1 is 1.33 bits per heavy atom. The minimum Gasteiger partial charge on any atom is -0.318 e. The lowest BCUT2D eigenvalue weighted by Gasteiger charge is -2.03. The Balaban J connectivity index is 2.75. The second-order valence-corrected chi connectivity index (χ2v) is 4.41. The number of hydrogen-bond donors (Lipinski definition) is 1. The van der Waals surface area contributed by atoms with Crippen LogP contribution in [0.2, 0.25) is 10.0 Å². The first-order valence-electron chi connectivity index (χ1n) is 4.73. The van der Waals surface area contributed by atoms with Gasteiger partial charge in [-0.3, -0.25) is 0 Å². The van der Waals surface area contributed by atoms with E-state index >= 15 is 0 Å². The molecule has 0 bridgehead atoms. The number of pyridine rings is 1. The highest BCUT2D eigenvalue weighted by molar-refractivity contribution is 6.36. The van der Waals surface area contributed by atoms with Gasteiger partial charge in [-0.05, 0) is 31.7 Å². The fraction of sp³-hybridized carbons (Fsp3) is 0.273. The van der Waals surface area contributed by atoms with Crippen molar-refractivity contribution in [3.63, 3.8) is 0 Å². The predicted octanol–water partition coefficient (Wildman–Crippen LogP) is 3.27. The van der Waals surface area contributed by atoms with Crippen molar-refractivity contribution in [3.8, 4) is 0 Å². The second kappa shape index (κ2) is 4.05. The van der Waals surface area contributed by atoms with Crippen LogP contribution in [0.1, 0.15) is 11.3 Å². The summed E-state index contributed by atoms with van der Waals surface area (Å²) in [4.78, 5) is 0. The van der Waals surface area contributed by atoms with Crippen molar-refractivity contribution in [2.24, 2.45) is 0 Å². The third-order valence-corrected chi connectivity index (χ3v) is 2.91. The van der Waals surface area contributed by atoms with Gasteiger partial charge in [0.2, 0.25) is 0 Å². The lowest BCUT2D eigenvalue weighted by atomic mass is 10.2. The van der Waals surface area contributed by atoms with Gasteiger partial charge in [0.1, 0.15) is 0 Å². The van der Waals surface area contributed by atoms with Crippen LogP contribution in [0, 0.1) is 6.92 Å². The van der Waals surface area contributed by atoms with Crippen LogP contribution >= 0.6 is 23.2 Å². The Hall–Kier alpha value is -0.700. The molecule has 15 heavy (non-hydrogen) atoms. The fourth-order valence-corrected chi connectivity index (χ4v) is 2.42. The summed E-state index contributed by atoms with van der Waals surface area (Å²) in [6, 6.07) is 3.89. The molecule has 2 aromatic heterocycles. The van der Waals surface area contributed by atoms with Crippen molar-refractivity contribution in [2.75, 3.05) is 7.05 Å². The number of nitrogens with zero attached hydrogens (tertiary/aromatic N) is 1. The van der Waals surface area contributed by atoms with E-state index in [0.717, 1.165) is 17.8 Å². The number of aryl methyl sites for hydroxylation is 1. The molecule has 2 nitrogen and oxygen atoms in total. The third kappa shape index (κ3) is 1.85. The van der Waals surface area contributed by atoms with E-state index in [0.29, 0.717) is 10.0 Å². The summed E-state index contributed by atoms with van der Waals surface area (Å²) in [5, 5.41) is 4.48. The first kappa shape index (κ1) is 10.8. The molecule has 2 rings (SSSR count). The number of fused-ring (bicyclic) bond motifs is 1. The van der Waals surface area contributed by atoms with E-state index in [2.05, 4.69) is 11.4 Å². The molecule has 2 aromatic rings. The van der Waals surface area contributed by atoms with Crippen LogP contribution in [0.4, 0.5) is 0 Å². The van der Waals surface area contributed by atoms with E-state index in [-0.39, 0.29) is 0 Å². The average Bonchev–Trinajstić information content (AvgIpc) is 2.44. The van der Waals surface area contributed by atoms with Gasteiger partial charge in [0.15, 0.2) is 0 Å². The van der Waals surface area contributed by atoms with Crippen molar-refractivity contribution < 1.29 is 0 Å². The maximum absolute atomic E-state index is 6.18. The first-order chi connectivity index (χ1) is 7.13. The molecule has 0 amide bonds. The molecule has 0 spiro atoms. The number of halogens is 2. The van der Waals surface area contributed by atoms with Gasteiger partial charge in [-0.25, -0.2) is 0 Å². The number of aromatic nitrogens is 1. The molecule has 0 saturated heterocycles. The van der Waals surface area contributed by atoms with Gasteiger partial charge in [0.25, 0.3) is 0 Å². The van der Waals surface area contributed by atoms with Crippen LogP contribution in [0.5, 0.6) is 0 Å². The van der Waals surface area contributed by atoms with Crippen molar-refractivity contribution in [1.29, 1.82) is 0 Å². The normalized spacial score (nSPS) is 11.2. The largest absolute Gasteiger partial charge is 0.318 e. The average molecular weight is 243 g/mol. The van der Waals surface area contributed by atoms with E-state index in [4.69, 9.17) is 23.2 Å². The molecule has 2 heterocycles. The van der Waals surface area contributed by atoms with Gasteiger partial charge < -0.3 is 9.72 Å². The summed E-state index contributed by atoms with van der Waals surface area (Å²) in [6.07, 6.45) is 1.89. The third-order valence-electron chi connectivity index (χ3n) is 2.42. The quantitative estimate of drug-likeness (QED) is 0.856. The number of hydrogen-bond acceptors (Lipinski definition) is 1. The molecule has 0 aliphatic carbocycles. The van der Waals surface area contributed by atoms with E-state index in [1.807, 2.05) is 24.6 Å². The molecule has 0 fully saturated rings. The summed E-state index contributed by atoms with van der Waals surface area (Å²) in [7, 11) is 1.92. The highest BCUT2D eigenvalue weighted by Gasteiger charge is 2.09. The Morgan fingerprint density at radius 2 is 2.07 bits per heavy atom.